The molecule has 136 valence electrons. The highest BCUT2D eigenvalue weighted by Crippen LogP contribution is 2.17. The third-order valence-corrected chi connectivity index (χ3v) is 3.30. The van der Waals surface area contributed by atoms with Gasteiger partial charge in [0.15, 0.2) is 0 Å². The van der Waals surface area contributed by atoms with Crippen molar-refractivity contribution in [3.8, 4) is 11.8 Å². The van der Waals surface area contributed by atoms with Crippen molar-refractivity contribution in [2.24, 2.45) is 0 Å². The summed E-state index contributed by atoms with van der Waals surface area (Å²) in [6.45, 7) is 2.58. The Morgan fingerprint density at radius 3 is 2.30 bits per heavy atom. The average molecular weight is 363 g/mol. The van der Waals surface area contributed by atoms with E-state index in [2.05, 4.69) is 10.6 Å². The minimum Gasteiger partial charge on any atom is -0.427 e. The van der Waals surface area contributed by atoms with E-state index < -0.39 is 17.8 Å². The average Bonchev–Trinajstić information content (AvgIpc) is 2.62. The molecule has 2 aromatic carbocycles. The Hall–Kier alpha value is -3.92. The summed E-state index contributed by atoms with van der Waals surface area (Å²) in [6, 6.07) is 14.9. The van der Waals surface area contributed by atoms with Gasteiger partial charge in [-0.1, -0.05) is 24.3 Å². The van der Waals surface area contributed by atoms with Gasteiger partial charge in [0, 0.05) is 13.8 Å². The van der Waals surface area contributed by atoms with E-state index in [-0.39, 0.29) is 5.70 Å². The zero-order valence-corrected chi connectivity index (χ0v) is 14.8. The standard InChI is InChI=1S/C20H17N3O4/c1-13(24)22-19(11-15-7-9-17(10-8-15)27-14(2)25)20(26)23-18-6-4-3-5-16(18)12-21/h3-11H,1-2H3,(H,22,24)(H,23,26)/b19-11+. The number of carbonyl (C=O) groups is 3. The SMILES string of the molecule is CC(=O)N/C(=C/c1ccc(OC(C)=O)cc1)C(=O)Nc1ccccc1C#N. The predicted molar refractivity (Wildman–Crippen MR) is 99.3 cm³/mol. The monoisotopic (exact) mass is 363 g/mol. The lowest BCUT2D eigenvalue weighted by Crippen LogP contribution is -2.29. The van der Waals surface area contributed by atoms with Crippen molar-refractivity contribution in [2.45, 2.75) is 13.8 Å². The van der Waals surface area contributed by atoms with Crippen LogP contribution in [0.25, 0.3) is 6.08 Å². The van der Waals surface area contributed by atoms with E-state index in [1.54, 1.807) is 48.5 Å². The van der Waals surface area contributed by atoms with E-state index in [1.165, 1.54) is 19.9 Å². The fourth-order valence-electron chi connectivity index (χ4n) is 2.19. The normalized spacial score (nSPS) is 10.5. The van der Waals surface area contributed by atoms with Gasteiger partial charge in [0.05, 0.1) is 11.3 Å². The number of nitriles is 1. The van der Waals surface area contributed by atoms with Crippen molar-refractivity contribution in [2.75, 3.05) is 5.32 Å². The second-order valence-corrected chi connectivity index (χ2v) is 5.51. The molecule has 0 aromatic heterocycles. The van der Waals surface area contributed by atoms with Crippen LogP contribution in [-0.2, 0) is 14.4 Å². The van der Waals surface area contributed by atoms with E-state index >= 15 is 0 Å². The molecule has 0 aliphatic heterocycles. The molecule has 0 saturated heterocycles. The Labute approximate surface area is 156 Å². The van der Waals surface area contributed by atoms with Crippen LogP contribution in [0.4, 0.5) is 5.69 Å². The molecule has 0 heterocycles. The fourth-order valence-corrected chi connectivity index (χ4v) is 2.19. The smallest absolute Gasteiger partial charge is 0.308 e. The van der Waals surface area contributed by atoms with Crippen molar-refractivity contribution in [1.29, 1.82) is 5.26 Å². The maximum absolute atomic E-state index is 12.6. The highest BCUT2D eigenvalue weighted by atomic mass is 16.5. The number of amides is 2. The summed E-state index contributed by atoms with van der Waals surface area (Å²) in [5.74, 6) is -1.06. The molecular formula is C20H17N3O4. The minimum atomic E-state index is -0.572. The van der Waals surface area contributed by atoms with Crippen LogP contribution in [0, 0.1) is 11.3 Å². The maximum atomic E-state index is 12.6. The van der Waals surface area contributed by atoms with Gasteiger partial charge < -0.3 is 15.4 Å². The number of nitrogens with one attached hydrogen (secondary N) is 2. The molecule has 2 N–H and O–H groups in total. The molecular weight excluding hydrogens is 346 g/mol. The van der Waals surface area contributed by atoms with Crippen LogP contribution >= 0.6 is 0 Å². The summed E-state index contributed by atoms with van der Waals surface area (Å²) in [4.78, 5) is 35.0. The maximum Gasteiger partial charge on any atom is 0.308 e. The van der Waals surface area contributed by atoms with Crippen molar-refractivity contribution < 1.29 is 19.1 Å². The van der Waals surface area contributed by atoms with Gasteiger partial charge in [-0.25, -0.2) is 0 Å². The number of esters is 1. The second kappa shape index (κ2) is 8.97. The van der Waals surface area contributed by atoms with Gasteiger partial charge in [0.25, 0.3) is 5.91 Å². The van der Waals surface area contributed by atoms with Gasteiger partial charge in [0.2, 0.25) is 5.91 Å². The topological polar surface area (TPSA) is 108 Å². The fraction of sp³-hybridized carbons (Fsp3) is 0.100. The first-order valence-electron chi connectivity index (χ1n) is 7.97. The van der Waals surface area contributed by atoms with Crippen molar-refractivity contribution in [1.82, 2.24) is 5.32 Å². The predicted octanol–water partition coefficient (Wildman–Crippen LogP) is 2.60. The van der Waals surface area contributed by atoms with Gasteiger partial charge in [-0.15, -0.1) is 0 Å². The van der Waals surface area contributed by atoms with Gasteiger partial charge in [0.1, 0.15) is 17.5 Å². The van der Waals surface area contributed by atoms with Gasteiger partial charge >= 0.3 is 5.97 Å². The molecule has 7 nitrogen and oxygen atoms in total. The van der Waals surface area contributed by atoms with Crippen LogP contribution in [0.3, 0.4) is 0 Å². The Morgan fingerprint density at radius 1 is 1.04 bits per heavy atom. The zero-order chi connectivity index (χ0) is 19.8. The first-order valence-corrected chi connectivity index (χ1v) is 7.97. The zero-order valence-electron chi connectivity index (χ0n) is 14.8. The molecule has 2 aromatic rings. The highest BCUT2D eigenvalue weighted by Gasteiger charge is 2.13. The number of nitrogens with zero attached hydrogens (tertiary/aromatic N) is 1. The first kappa shape index (κ1) is 19.4. The van der Waals surface area contributed by atoms with E-state index in [4.69, 9.17) is 10.00 Å². The molecule has 0 spiro atoms. The summed E-state index contributed by atoms with van der Waals surface area (Å²) in [5, 5.41) is 14.2. The lowest BCUT2D eigenvalue weighted by atomic mass is 10.1. The van der Waals surface area contributed by atoms with Gasteiger partial charge in [-0.05, 0) is 35.9 Å². The van der Waals surface area contributed by atoms with E-state index in [9.17, 15) is 14.4 Å². The number of hydrogen-bond donors (Lipinski definition) is 2. The van der Waals surface area contributed by atoms with Crippen LogP contribution in [0.2, 0.25) is 0 Å². The molecule has 0 aliphatic rings. The van der Waals surface area contributed by atoms with Crippen molar-refractivity contribution in [3.63, 3.8) is 0 Å². The molecule has 2 rings (SSSR count). The molecule has 0 atom stereocenters. The molecule has 0 bridgehead atoms. The van der Waals surface area contributed by atoms with Crippen LogP contribution in [0.15, 0.2) is 54.2 Å². The summed E-state index contributed by atoms with van der Waals surface area (Å²) in [6.07, 6.45) is 1.48. The number of rotatable bonds is 5. The van der Waals surface area contributed by atoms with Crippen molar-refractivity contribution >= 4 is 29.5 Å². The number of ether oxygens (including phenoxy) is 1. The first-order chi connectivity index (χ1) is 12.9. The van der Waals surface area contributed by atoms with E-state index in [0.717, 1.165) is 0 Å². The molecule has 0 fully saturated rings. The molecule has 27 heavy (non-hydrogen) atoms. The number of carbonyl (C=O) groups excluding carboxylic acids is 3. The number of benzene rings is 2. The van der Waals surface area contributed by atoms with Crippen molar-refractivity contribution in [3.05, 3.63) is 65.4 Å². The molecule has 7 heteroatoms. The number of hydrogen-bond acceptors (Lipinski definition) is 5. The summed E-state index contributed by atoms with van der Waals surface area (Å²) >= 11 is 0. The summed E-state index contributed by atoms with van der Waals surface area (Å²) < 4.78 is 4.95. The number of anilines is 1. The molecule has 0 unspecified atom stereocenters. The lowest BCUT2D eigenvalue weighted by Gasteiger charge is -2.11. The largest absolute Gasteiger partial charge is 0.427 e. The van der Waals surface area contributed by atoms with Crippen LogP contribution in [0.5, 0.6) is 5.75 Å². The Balaban J connectivity index is 2.27. The highest BCUT2D eigenvalue weighted by molar-refractivity contribution is 6.09. The van der Waals surface area contributed by atoms with Gasteiger partial charge in [-0.3, -0.25) is 14.4 Å². The van der Waals surface area contributed by atoms with E-state index in [0.29, 0.717) is 22.6 Å². The Morgan fingerprint density at radius 2 is 1.70 bits per heavy atom. The minimum absolute atomic E-state index is 0.00970. The van der Waals surface area contributed by atoms with Crippen LogP contribution in [-0.4, -0.2) is 17.8 Å². The lowest BCUT2D eigenvalue weighted by molar-refractivity contribution is -0.131. The van der Waals surface area contributed by atoms with E-state index in [1.807, 2.05) is 6.07 Å². The third-order valence-electron chi connectivity index (χ3n) is 3.30. The Bertz CT molecular complexity index is 940. The quantitative estimate of drug-likeness (QED) is 0.482. The second-order valence-electron chi connectivity index (χ2n) is 5.51. The third kappa shape index (κ3) is 5.83. The van der Waals surface area contributed by atoms with Gasteiger partial charge in [-0.2, -0.15) is 5.26 Å². The Kier molecular flexibility index (Phi) is 6.44. The van der Waals surface area contributed by atoms with Crippen LogP contribution < -0.4 is 15.4 Å². The molecule has 0 saturated carbocycles. The molecule has 0 aliphatic carbocycles. The van der Waals surface area contributed by atoms with Crippen LogP contribution in [0.1, 0.15) is 25.0 Å². The summed E-state index contributed by atoms with van der Waals surface area (Å²) in [7, 11) is 0. The number of para-hydroxylation sites is 1. The molecule has 0 radical (unpaired) electrons. The molecule has 2 amide bonds. The summed E-state index contributed by atoms with van der Waals surface area (Å²) in [5.41, 5.74) is 1.26.